The molecule has 1 saturated carbocycles. The molecule has 15 heavy (non-hydrogen) atoms. The van der Waals surface area contributed by atoms with Crippen molar-refractivity contribution in [3.8, 4) is 0 Å². The van der Waals surface area contributed by atoms with Gasteiger partial charge in [-0.25, -0.2) is 4.79 Å². The third-order valence-corrected chi connectivity index (χ3v) is 2.72. The van der Waals surface area contributed by atoms with E-state index in [1.54, 1.807) is 4.57 Å². The van der Waals surface area contributed by atoms with Crippen LogP contribution >= 0.6 is 0 Å². The molecule has 0 atom stereocenters. The molecule has 1 aliphatic rings. The second-order valence-corrected chi connectivity index (χ2v) is 3.97. The van der Waals surface area contributed by atoms with Crippen molar-refractivity contribution in [3.05, 3.63) is 36.5 Å². The number of carbonyl (C=O) groups excluding carboxylic acids is 1. The summed E-state index contributed by atoms with van der Waals surface area (Å²) in [6, 6.07) is 10.2. The predicted molar refractivity (Wildman–Crippen MR) is 58.9 cm³/mol. The molecule has 3 heteroatoms. The molecule has 0 bridgehead atoms. The molecule has 1 aromatic heterocycles. The van der Waals surface area contributed by atoms with Crippen LogP contribution in [0.25, 0.3) is 10.9 Å². The zero-order chi connectivity index (χ0) is 10.3. The van der Waals surface area contributed by atoms with Gasteiger partial charge in [-0.05, 0) is 25.0 Å². The minimum absolute atomic E-state index is 0.0151. The van der Waals surface area contributed by atoms with Crippen molar-refractivity contribution in [2.45, 2.75) is 18.9 Å². The Morgan fingerprint density at radius 1 is 1.27 bits per heavy atom. The van der Waals surface area contributed by atoms with Gasteiger partial charge in [-0.1, -0.05) is 18.2 Å². The Morgan fingerprint density at radius 3 is 2.87 bits per heavy atom. The van der Waals surface area contributed by atoms with Crippen LogP contribution in [0.15, 0.2) is 36.5 Å². The summed E-state index contributed by atoms with van der Waals surface area (Å²) in [7, 11) is 0. The van der Waals surface area contributed by atoms with Gasteiger partial charge < -0.3 is 5.32 Å². The first-order chi connectivity index (χ1) is 7.34. The molecule has 76 valence electrons. The summed E-state index contributed by atoms with van der Waals surface area (Å²) in [5.74, 6) is 0. The molecule has 2 aromatic rings. The van der Waals surface area contributed by atoms with Crippen LogP contribution in [0.2, 0.25) is 0 Å². The van der Waals surface area contributed by atoms with E-state index in [2.05, 4.69) is 5.32 Å². The molecule has 1 heterocycles. The van der Waals surface area contributed by atoms with E-state index in [1.807, 2.05) is 36.5 Å². The van der Waals surface area contributed by atoms with Crippen LogP contribution in [0.3, 0.4) is 0 Å². The standard InChI is InChI=1S/C12H12N2O/c15-12(13-10-5-6-10)14-8-7-9-3-1-2-4-11(9)14/h1-4,7-8,10H,5-6H2,(H,13,15). The third kappa shape index (κ3) is 1.50. The van der Waals surface area contributed by atoms with E-state index < -0.39 is 0 Å². The van der Waals surface area contributed by atoms with Crippen molar-refractivity contribution in [3.63, 3.8) is 0 Å². The first kappa shape index (κ1) is 8.53. The smallest absolute Gasteiger partial charge is 0.326 e. The maximum Gasteiger partial charge on any atom is 0.326 e. The van der Waals surface area contributed by atoms with Gasteiger partial charge in [0, 0.05) is 17.6 Å². The van der Waals surface area contributed by atoms with E-state index in [9.17, 15) is 4.79 Å². The van der Waals surface area contributed by atoms with Gasteiger partial charge in [-0.15, -0.1) is 0 Å². The van der Waals surface area contributed by atoms with Crippen molar-refractivity contribution in [1.29, 1.82) is 0 Å². The molecule has 0 unspecified atom stereocenters. The highest BCUT2D eigenvalue weighted by atomic mass is 16.2. The second-order valence-electron chi connectivity index (χ2n) is 3.97. The number of rotatable bonds is 1. The summed E-state index contributed by atoms with van der Waals surface area (Å²) in [5, 5.41) is 4.07. The van der Waals surface area contributed by atoms with Crippen LogP contribution in [-0.4, -0.2) is 16.6 Å². The predicted octanol–water partition coefficient (Wildman–Crippen LogP) is 2.36. The van der Waals surface area contributed by atoms with Crippen molar-refractivity contribution in [2.24, 2.45) is 0 Å². The largest absolute Gasteiger partial charge is 0.335 e. The quantitative estimate of drug-likeness (QED) is 0.753. The number of benzene rings is 1. The number of nitrogens with one attached hydrogen (secondary N) is 1. The van der Waals surface area contributed by atoms with Crippen molar-refractivity contribution in [2.75, 3.05) is 0 Å². The molecule has 1 fully saturated rings. The lowest BCUT2D eigenvalue weighted by molar-refractivity contribution is 0.243. The van der Waals surface area contributed by atoms with E-state index in [4.69, 9.17) is 0 Å². The first-order valence-electron chi connectivity index (χ1n) is 5.21. The maximum absolute atomic E-state index is 11.8. The van der Waals surface area contributed by atoms with E-state index >= 15 is 0 Å². The molecule has 0 radical (unpaired) electrons. The van der Waals surface area contributed by atoms with E-state index in [-0.39, 0.29) is 6.03 Å². The fourth-order valence-corrected chi connectivity index (χ4v) is 1.73. The Morgan fingerprint density at radius 2 is 2.07 bits per heavy atom. The number of fused-ring (bicyclic) bond motifs is 1. The average Bonchev–Trinajstić information content (AvgIpc) is 2.96. The monoisotopic (exact) mass is 200 g/mol. The molecule has 0 spiro atoms. The summed E-state index contributed by atoms with van der Waals surface area (Å²) >= 11 is 0. The molecule has 1 aliphatic carbocycles. The lowest BCUT2D eigenvalue weighted by Crippen LogP contribution is -2.29. The average molecular weight is 200 g/mol. The summed E-state index contributed by atoms with van der Waals surface area (Å²) in [5.41, 5.74) is 0.968. The van der Waals surface area contributed by atoms with Gasteiger partial charge in [-0.3, -0.25) is 4.57 Å². The van der Waals surface area contributed by atoms with Crippen LogP contribution < -0.4 is 5.32 Å². The highest BCUT2D eigenvalue weighted by Gasteiger charge is 2.24. The maximum atomic E-state index is 11.8. The second kappa shape index (κ2) is 3.12. The lowest BCUT2D eigenvalue weighted by Gasteiger charge is -2.05. The fraction of sp³-hybridized carbons (Fsp3) is 0.250. The van der Waals surface area contributed by atoms with Gasteiger partial charge in [0.1, 0.15) is 0 Å². The van der Waals surface area contributed by atoms with Crippen LogP contribution in [0.5, 0.6) is 0 Å². The Kier molecular flexibility index (Phi) is 1.78. The van der Waals surface area contributed by atoms with Gasteiger partial charge in [-0.2, -0.15) is 0 Å². The minimum atomic E-state index is -0.0151. The Bertz CT molecular complexity index is 511. The molecule has 0 aliphatic heterocycles. The Labute approximate surface area is 87.7 Å². The zero-order valence-corrected chi connectivity index (χ0v) is 8.31. The molecule has 3 nitrogen and oxygen atoms in total. The Balaban J connectivity index is 1.98. The number of hydrogen-bond acceptors (Lipinski definition) is 1. The molecule has 1 amide bonds. The minimum Gasteiger partial charge on any atom is -0.335 e. The van der Waals surface area contributed by atoms with Gasteiger partial charge in [0.2, 0.25) is 0 Å². The summed E-state index contributed by atoms with van der Waals surface area (Å²) < 4.78 is 1.67. The number of amides is 1. The number of nitrogens with zero attached hydrogens (tertiary/aromatic N) is 1. The third-order valence-electron chi connectivity index (χ3n) is 2.72. The van der Waals surface area contributed by atoms with Crippen LogP contribution in [0.4, 0.5) is 4.79 Å². The number of aromatic nitrogens is 1. The van der Waals surface area contributed by atoms with E-state index in [0.29, 0.717) is 6.04 Å². The highest BCUT2D eigenvalue weighted by Crippen LogP contribution is 2.20. The van der Waals surface area contributed by atoms with Crippen LogP contribution in [-0.2, 0) is 0 Å². The molecule has 1 N–H and O–H groups in total. The van der Waals surface area contributed by atoms with Gasteiger partial charge in [0.15, 0.2) is 0 Å². The van der Waals surface area contributed by atoms with Crippen molar-refractivity contribution < 1.29 is 4.79 Å². The normalized spacial score (nSPS) is 15.5. The van der Waals surface area contributed by atoms with Crippen molar-refractivity contribution >= 4 is 16.9 Å². The van der Waals surface area contributed by atoms with E-state index in [1.165, 1.54) is 0 Å². The first-order valence-corrected chi connectivity index (χ1v) is 5.21. The topological polar surface area (TPSA) is 34.0 Å². The summed E-state index contributed by atoms with van der Waals surface area (Å²) in [4.78, 5) is 11.8. The lowest BCUT2D eigenvalue weighted by atomic mass is 10.2. The van der Waals surface area contributed by atoms with Gasteiger partial charge in [0.05, 0.1) is 5.52 Å². The molecule has 1 aromatic carbocycles. The summed E-state index contributed by atoms with van der Waals surface area (Å²) in [6.07, 6.45) is 4.05. The molecular weight excluding hydrogens is 188 g/mol. The Hall–Kier alpha value is -1.77. The number of para-hydroxylation sites is 1. The zero-order valence-electron chi connectivity index (χ0n) is 8.31. The molecule has 3 rings (SSSR count). The summed E-state index contributed by atoms with van der Waals surface area (Å²) in [6.45, 7) is 0. The SMILES string of the molecule is O=C(NC1CC1)n1ccc2ccccc21. The van der Waals surface area contributed by atoms with Crippen molar-refractivity contribution in [1.82, 2.24) is 9.88 Å². The van der Waals surface area contributed by atoms with Gasteiger partial charge >= 0.3 is 6.03 Å². The van der Waals surface area contributed by atoms with Crippen LogP contribution in [0, 0.1) is 0 Å². The van der Waals surface area contributed by atoms with E-state index in [0.717, 1.165) is 23.7 Å². The fourth-order valence-electron chi connectivity index (χ4n) is 1.73. The van der Waals surface area contributed by atoms with Crippen LogP contribution in [0.1, 0.15) is 12.8 Å². The number of carbonyl (C=O) groups is 1. The molecule has 0 saturated heterocycles. The van der Waals surface area contributed by atoms with Gasteiger partial charge in [0.25, 0.3) is 0 Å². The number of hydrogen-bond donors (Lipinski definition) is 1. The highest BCUT2D eigenvalue weighted by molar-refractivity contribution is 5.91. The molecular formula is C12H12N2O.